The van der Waals surface area contributed by atoms with Crippen molar-refractivity contribution in [2.75, 3.05) is 18.4 Å². The summed E-state index contributed by atoms with van der Waals surface area (Å²) < 4.78 is 0. The van der Waals surface area contributed by atoms with Crippen LogP contribution in [0.15, 0.2) is 36.4 Å². The summed E-state index contributed by atoms with van der Waals surface area (Å²) in [5.41, 5.74) is 3.29. The highest BCUT2D eigenvalue weighted by Gasteiger charge is 2.13. The SMILES string of the molecule is Cc1ccccc1-c1ccc(NCC2CCCN2)nn1. The molecule has 1 atom stereocenters. The predicted molar refractivity (Wildman–Crippen MR) is 81.7 cm³/mol. The fourth-order valence-electron chi connectivity index (χ4n) is 2.59. The molecule has 0 aliphatic carbocycles. The van der Waals surface area contributed by atoms with Crippen molar-refractivity contribution in [2.24, 2.45) is 0 Å². The molecule has 2 heterocycles. The maximum Gasteiger partial charge on any atom is 0.148 e. The van der Waals surface area contributed by atoms with Gasteiger partial charge in [0.2, 0.25) is 0 Å². The highest BCUT2D eigenvalue weighted by Crippen LogP contribution is 2.20. The molecule has 1 saturated heterocycles. The van der Waals surface area contributed by atoms with E-state index in [2.05, 4.69) is 39.9 Å². The fraction of sp³-hybridized carbons (Fsp3) is 0.375. The van der Waals surface area contributed by atoms with Gasteiger partial charge in [-0.3, -0.25) is 0 Å². The van der Waals surface area contributed by atoms with Crippen molar-refractivity contribution in [1.29, 1.82) is 0 Å². The lowest BCUT2D eigenvalue weighted by molar-refractivity contribution is 0.632. The Kier molecular flexibility index (Phi) is 3.92. The lowest BCUT2D eigenvalue weighted by Crippen LogP contribution is -2.29. The molecule has 3 rings (SSSR count). The van der Waals surface area contributed by atoms with Crippen LogP contribution in [0.2, 0.25) is 0 Å². The molecule has 0 spiro atoms. The Balaban J connectivity index is 1.66. The quantitative estimate of drug-likeness (QED) is 0.895. The number of aromatic nitrogens is 2. The lowest BCUT2D eigenvalue weighted by Gasteiger charge is -2.11. The second-order valence-electron chi connectivity index (χ2n) is 5.29. The van der Waals surface area contributed by atoms with Crippen LogP contribution in [0.5, 0.6) is 0 Å². The molecule has 1 unspecified atom stereocenters. The normalized spacial score (nSPS) is 18.1. The molecule has 0 bridgehead atoms. The highest BCUT2D eigenvalue weighted by molar-refractivity contribution is 5.63. The van der Waals surface area contributed by atoms with Gasteiger partial charge in [0.05, 0.1) is 5.69 Å². The molecule has 1 aliphatic rings. The first-order chi connectivity index (χ1) is 9.83. The van der Waals surface area contributed by atoms with Crippen molar-refractivity contribution in [1.82, 2.24) is 15.5 Å². The number of aryl methyl sites for hydroxylation is 1. The summed E-state index contributed by atoms with van der Waals surface area (Å²) in [5.74, 6) is 0.844. The molecular weight excluding hydrogens is 248 g/mol. The Morgan fingerprint density at radius 3 is 2.80 bits per heavy atom. The molecule has 1 fully saturated rings. The number of anilines is 1. The fourth-order valence-corrected chi connectivity index (χ4v) is 2.59. The molecule has 2 aromatic rings. The van der Waals surface area contributed by atoms with Gasteiger partial charge in [-0.1, -0.05) is 24.3 Å². The highest BCUT2D eigenvalue weighted by atomic mass is 15.2. The van der Waals surface area contributed by atoms with E-state index in [1.807, 2.05) is 24.3 Å². The van der Waals surface area contributed by atoms with Crippen LogP contribution < -0.4 is 10.6 Å². The van der Waals surface area contributed by atoms with Crippen molar-refractivity contribution < 1.29 is 0 Å². The third kappa shape index (κ3) is 2.96. The third-order valence-electron chi connectivity index (χ3n) is 3.78. The second kappa shape index (κ2) is 6.01. The molecule has 2 N–H and O–H groups in total. The van der Waals surface area contributed by atoms with Crippen LogP contribution >= 0.6 is 0 Å². The van der Waals surface area contributed by atoms with E-state index in [0.717, 1.165) is 30.2 Å². The molecule has 0 saturated carbocycles. The molecule has 4 nitrogen and oxygen atoms in total. The number of nitrogens with zero attached hydrogens (tertiary/aromatic N) is 2. The third-order valence-corrected chi connectivity index (χ3v) is 3.78. The molecule has 104 valence electrons. The summed E-state index contributed by atoms with van der Waals surface area (Å²) in [6, 6.07) is 12.8. The molecule has 20 heavy (non-hydrogen) atoms. The number of benzene rings is 1. The number of hydrogen-bond acceptors (Lipinski definition) is 4. The minimum Gasteiger partial charge on any atom is -0.367 e. The van der Waals surface area contributed by atoms with Crippen LogP contribution in [0.1, 0.15) is 18.4 Å². The summed E-state index contributed by atoms with van der Waals surface area (Å²) in [4.78, 5) is 0. The van der Waals surface area contributed by atoms with Crippen LogP contribution in [-0.2, 0) is 0 Å². The van der Waals surface area contributed by atoms with Crippen LogP contribution in [-0.4, -0.2) is 29.3 Å². The smallest absolute Gasteiger partial charge is 0.148 e. The second-order valence-corrected chi connectivity index (χ2v) is 5.29. The van der Waals surface area contributed by atoms with Crippen LogP contribution in [0.25, 0.3) is 11.3 Å². The maximum absolute atomic E-state index is 4.32. The van der Waals surface area contributed by atoms with Crippen molar-refractivity contribution in [3.8, 4) is 11.3 Å². The first-order valence-corrected chi connectivity index (χ1v) is 7.20. The first kappa shape index (κ1) is 13.1. The van der Waals surface area contributed by atoms with E-state index in [0.29, 0.717) is 6.04 Å². The topological polar surface area (TPSA) is 49.8 Å². The van der Waals surface area contributed by atoms with Crippen LogP contribution in [0.4, 0.5) is 5.82 Å². The molecule has 0 radical (unpaired) electrons. The predicted octanol–water partition coefficient (Wildman–Crippen LogP) is 2.62. The maximum atomic E-state index is 4.32. The van der Waals surface area contributed by atoms with Gasteiger partial charge >= 0.3 is 0 Å². The van der Waals surface area contributed by atoms with E-state index < -0.39 is 0 Å². The van der Waals surface area contributed by atoms with E-state index in [9.17, 15) is 0 Å². The first-order valence-electron chi connectivity index (χ1n) is 7.20. The van der Waals surface area contributed by atoms with Crippen molar-refractivity contribution in [2.45, 2.75) is 25.8 Å². The Labute approximate surface area is 119 Å². The molecule has 4 heteroatoms. The summed E-state index contributed by atoms with van der Waals surface area (Å²) in [5, 5.41) is 15.4. The largest absolute Gasteiger partial charge is 0.367 e. The summed E-state index contributed by atoms with van der Waals surface area (Å²) in [6.45, 7) is 4.14. The standard InChI is InChI=1S/C16H20N4/c1-12-5-2-3-7-14(12)15-8-9-16(20-19-15)18-11-13-6-4-10-17-13/h2-3,5,7-9,13,17H,4,6,10-11H2,1H3,(H,18,20). The molecule has 1 aromatic carbocycles. The summed E-state index contributed by atoms with van der Waals surface area (Å²) in [6.07, 6.45) is 2.51. The Bertz CT molecular complexity index is 559. The van der Waals surface area contributed by atoms with Gasteiger partial charge in [0, 0.05) is 18.2 Å². The summed E-state index contributed by atoms with van der Waals surface area (Å²) in [7, 11) is 0. The lowest BCUT2D eigenvalue weighted by atomic mass is 10.1. The van der Waals surface area contributed by atoms with E-state index in [1.165, 1.54) is 18.4 Å². The molecule has 1 aliphatic heterocycles. The summed E-state index contributed by atoms with van der Waals surface area (Å²) >= 11 is 0. The van der Waals surface area contributed by atoms with Gasteiger partial charge < -0.3 is 10.6 Å². The molecule has 0 amide bonds. The van der Waals surface area contributed by atoms with E-state index in [-0.39, 0.29) is 0 Å². The number of nitrogens with one attached hydrogen (secondary N) is 2. The van der Waals surface area contributed by atoms with E-state index in [1.54, 1.807) is 0 Å². The Hall–Kier alpha value is -1.94. The average molecular weight is 268 g/mol. The van der Waals surface area contributed by atoms with Gasteiger partial charge in [-0.15, -0.1) is 10.2 Å². The van der Waals surface area contributed by atoms with Crippen molar-refractivity contribution >= 4 is 5.82 Å². The monoisotopic (exact) mass is 268 g/mol. The molecule has 1 aromatic heterocycles. The van der Waals surface area contributed by atoms with Gasteiger partial charge in [0.15, 0.2) is 0 Å². The van der Waals surface area contributed by atoms with Gasteiger partial charge in [-0.25, -0.2) is 0 Å². The van der Waals surface area contributed by atoms with Gasteiger partial charge in [-0.2, -0.15) is 0 Å². The van der Waals surface area contributed by atoms with Crippen LogP contribution in [0, 0.1) is 6.92 Å². The average Bonchev–Trinajstić information content (AvgIpc) is 3.00. The minimum atomic E-state index is 0.563. The van der Waals surface area contributed by atoms with Crippen molar-refractivity contribution in [3.63, 3.8) is 0 Å². The van der Waals surface area contributed by atoms with E-state index >= 15 is 0 Å². The van der Waals surface area contributed by atoms with Crippen molar-refractivity contribution in [3.05, 3.63) is 42.0 Å². The zero-order chi connectivity index (χ0) is 13.8. The zero-order valence-corrected chi connectivity index (χ0v) is 11.8. The van der Waals surface area contributed by atoms with Gasteiger partial charge in [-0.05, 0) is 44.0 Å². The van der Waals surface area contributed by atoms with Gasteiger partial charge in [0.25, 0.3) is 0 Å². The van der Waals surface area contributed by atoms with E-state index in [4.69, 9.17) is 0 Å². The minimum absolute atomic E-state index is 0.563. The Morgan fingerprint density at radius 2 is 2.10 bits per heavy atom. The Morgan fingerprint density at radius 1 is 1.20 bits per heavy atom. The number of hydrogen-bond donors (Lipinski definition) is 2. The van der Waals surface area contributed by atoms with Crippen LogP contribution in [0.3, 0.4) is 0 Å². The zero-order valence-electron chi connectivity index (χ0n) is 11.8. The molecular formula is C16H20N4. The number of rotatable bonds is 4. The van der Waals surface area contributed by atoms with Gasteiger partial charge in [0.1, 0.15) is 5.82 Å².